The van der Waals surface area contributed by atoms with Crippen molar-refractivity contribution in [2.45, 2.75) is 11.8 Å². The lowest BCUT2D eigenvalue weighted by atomic mass is 10.3. The Balaban J connectivity index is 2.95. The van der Waals surface area contributed by atoms with Crippen molar-refractivity contribution in [3.63, 3.8) is 0 Å². The zero-order valence-electron chi connectivity index (χ0n) is 7.85. The van der Waals surface area contributed by atoms with Gasteiger partial charge in [0, 0.05) is 13.2 Å². The van der Waals surface area contributed by atoms with Crippen LogP contribution in [0, 0.1) is 0 Å². The number of rotatable bonds is 2. The predicted molar refractivity (Wildman–Crippen MR) is 50.9 cm³/mol. The van der Waals surface area contributed by atoms with Crippen LogP contribution in [0.4, 0.5) is 0 Å². The van der Waals surface area contributed by atoms with Crippen LogP contribution in [0.15, 0.2) is 29.2 Å². The summed E-state index contributed by atoms with van der Waals surface area (Å²) >= 11 is 0. The van der Waals surface area contributed by atoms with Crippen LogP contribution >= 0.6 is 0 Å². The summed E-state index contributed by atoms with van der Waals surface area (Å²) in [4.78, 5) is 10.8. The normalized spacial score (nSPS) is 11.0. The van der Waals surface area contributed by atoms with Gasteiger partial charge in [-0.1, -0.05) is 0 Å². The fraction of sp³-hybridized carbons (Fsp3) is 0.222. The van der Waals surface area contributed by atoms with Crippen molar-refractivity contribution in [1.82, 2.24) is 0 Å². The molecule has 0 heterocycles. The maximum Gasteiger partial charge on any atom is 0.308 e. The maximum atomic E-state index is 11.1. The van der Waals surface area contributed by atoms with Gasteiger partial charge in [0.2, 0.25) is 0 Å². The smallest absolute Gasteiger partial charge is 0.308 e. The molecule has 0 atom stereocenters. The van der Waals surface area contributed by atoms with Gasteiger partial charge >= 0.3 is 5.97 Å². The van der Waals surface area contributed by atoms with Crippen molar-refractivity contribution in [3.8, 4) is 5.75 Å². The average Bonchev–Trinajstić information content (AvgIpc) is 2.02. The summed E-state index contributed by atoms with van der Waals surface area (Å²) in [5, 5.41) is 0. The largest absolute Gasteiger partial charge is 0.427 e. The van der Waals surface area contributed by atoms with Gasteiger partial charge in [-0.15, -0.1) is 0 Å². The molecule has 4 nitrogen and oxygen atoms in total. The molecule has 0 unspecified atom stereocenters. The van der Waals surface area contributed by atoms with Gasteiger partial charge in [0.05, 0.1) is 4.90 Å². The van der Waals surface area contributed by atoms with Crippen molar-refractivity contribution < 1.29 is 17.9 Å². The average molecular weight is 214 g/mol. The second-order valence-corrected chi connectivity index (χ2v) is 4.85. The second kappa shape index (κ2) is 3.79. The molecule has 5 heteroatoms. The number of benzene rings is 1. The molecule has 1 aromatic carbocycles. The van der Waals surface area contributed by atoms with E-state index >= 15 is 0 Å². The highest BCUT2D eigenvalue weighted by molar-refractivity contribution is 7.90. The lowest BCUT2D eigenvalue weighted by Crippen LogP contribution is -2.02. The molecule has 76 valence electrons. The summed E-state index contributed by atoms with van der Waals surface area (Å²) in [6, 6.07) is 5.68. The minimum Gasteiger partial charge on any atom is -0.427 e. The summed E-state index contributed by atoms with van der Waals surface area (Å²) < 4.78 is 26.9. The Morgan fingerprint density at radius 2 is 1.71 bits per heavy atom. The van der Waals surface area contributed by atoms with Crippen LogP contribution in [-0.4, -0.2) is 20.6 Å². The summed E-state index contributed by atoms with van der Waals surface area (Å²) in [6.45, 7) is 1.28. The van der Waals surface area contributed by atoms with Gasteiger partial charge in [0.15, 0.2) is 9.84 Å². The Morgan fingerprint density at radius 1 is 1.21 bits per heavy atom. The van der Waals surface area contributed by atoms with Crippen LogP contribution in [-0.2, 0) is 14.6 Å². The molecule has 0 N–H and O–H groups in total. The summed E-state index contributed by atoms with van der Waals surface area (Å²) in [6.07, 6.45) is 1.12. The Morgan fingerprint density at radius 3 is 2.07 bits per heavy atom. The summed E-state index contributed by atoms with van der Waals surface area (Å²) in [7, 11) is -3.19. The molecule has 14 heavy (non-hydrogen) atoms. The quantitative estimate of drug-likeness (QED) is 0.544. The molecule has 0 aliphatic rings. The first-order chi connectivity index (χ1) is 6.39. The van der Waals surface area contributed by atoms with Crippen LogP contribution in [0.2, 0.25) is 0 Å². The number of esters is 1. The van der Waals surface area contributed by atoms with E-state index in [-0.39, 0.29) is 4.90 Å². The van der Waals surface area contributed by atoms with Gasteiger partial charge < -0.3 is 4.74 Å². The van der Waals surface area contributed by atoms with E-state index in [4.69, 9.17) is 4.74 Å². The zero-order chi connectivity index (χ0) is 10.8. The van der Waals surface area contributed by atoms with E-state index < -0.39 is 15.8 Å². The Labute approximate surface area is 82.4 Å². The number of hydrogen-bond donors (Lipinski definition) is 0. The van der Waals surface area contributed by atoms with Crippen LogP contribution in [0.3, 0.4) is 0 Å². The lowest BCUT2D eigenvalue weighted by molar-refractivity contribution is -0.131. The number of carbonyl (C=O) groups excluding carboxylic acids is 1. The molecular formula is C9H10O4S. The van der Waals surface area contributed by atoms with Crippen molar-refractivity contribution >= 4 is 15.8 Å². The number of ether oxygens (including phenoxy) is 1. The molecule has 0 radical (unpaired) electrons. The highest BCUT2D eigenvalue weighted by Gasteiger charge is 2.06. The highest BCUT2D eigenvalue weighted by Crippen LogP contribution is 2.15. The van der Waals surface area contributed by atoms with Gasteiger partial charge in [-0.25, -0.2) is 8.42 Å². The van der Waals surface area contributed by atoms with Crippen LogP contribution in [0.25, 0.3) is 0 Å². The monoisotopic (exact) mass is 214 g/mol. The first kappa shape index (κ1) is 10.7. The Kier molecular flexibility index (Phi) is 2.90. The standard InChI is InChI=1S/C9H10O4S/c1-7(10)13-8-3-5-9(6-4-8)14(2,11)12/h3-6H,1-2H3. The van der Waals surface area contributed by atoms with Crippen LogP contribution in [0.1, 0.15) is 6.92 Å². The van der Waals surface area contributed by atoms with Gasteiger partial charge in [-0.05, 0) is 24.3 Å². The van der Waals surface area contributed by atoms with Gasteiger partial charge in [0.1, 0.15) is 5.75 Å². The molecule has 0 saturated heterocycles. The third kappa shape index (κ3) is 2.85. The fourth-order valence-corrected chi connectivity index (χ4v) is 1.55. The highest BCUT2D eigenvalue weighted by atomic mass is 32.2. The summed E-state index contributed by atoms with van der Waals surface area (Å²) in [5.74, 6) is -0.0954. The molecule has 0 spiro atoms. The van der Waals surface area contributed by atoms with E-state index in [1.165, 1.54) is 31.2 Å². The van der Waals surface area contributed by atoms with Crippen molar-refractivity contribution in [1.29, 1.82) is 0 Å². The van der Waals surface area contributed by atoms with E-state index in [1.807, 2.05) is 0 Å². The van der Waals surface area contributed by atoms with Crippen LogP contribution < -0.4 is 4.74 Å². The first-order valence-electron chi connectivity index (χ1n) is 3.88. The maximum absolute atomic E-state index is 11.1. The van der Waals surface area contributed by atoms with E-state index in [0.717, 1.165) is 6.26 Å². The van der Waals surface area contributed by atoms with Crippen LogP contribution in [0.5, 0.6) is 5.75 Å². The van der Waals surface area contributed by atoms with Gasteiger partial charge in [0.25, 0.3) is 0 Å². The molecule has 0 aliphatic heterocycles. The minimum atomic E-state index is -3.19. The number of sulfone groups is 1. The molecule has 0 fully saturated rings. The molecule has 0 aliphatic carbocycles. The van der Waals surface area contributed by atoms with Gasteiger partial charge in [-0.3, -0.25) is 4.79 Å². The molecule has 0 aromatic heterocycles. The third-order valence-electron chi connectivity index (χ3n) is 1.51. The second-order valence-electron chi connectivity index (χ2n) is 2.84. The third-order valence-corrected chi connectivity index (χ3v) is 2.64. The van der Waals surface area contributed by atoms with E-state index in [0.29, 0.717) is 5.75 Å². The predicted octanol–water partition coefficient (Wildman–Crippen LogP) is 1.02. The molecular weight excluding hydrogens is 204 g/mol. The van der Waals surface area contributed by atoms with Crippen molar-refractivity contribution in [2.75, 3.05) is 6.26 Å². The topological polar surface area (TPSA) is 60.4 Å². The molecule has 0 bridgehead atoms. The minimum absolute atomic E-state index is 0.202. The molecule has 1 aromatic rings. The lowest BCUT2D eigenvalue weighted by Gasteiger charge is -2.01. The number of carbonyl (C=O) groups is 1. The SMILES string of the molecule is CC(=O)Oc1ccc(S(C)(=O)=O)cc1. The molecule has 0 amide bonds. The Hall–Kier alpha value is -1.36. The first-order valence-corrected chi connectivity index (χ1v) is 5.77. The number of hydrogen-bond acceptors (Lipinski definition) is 4. The van der Waals surface area contributed by atoms with Gasteiger partial charge in [-0.2, -0.15) is 0 Å². The summed E-state index contributed by atoms with van der Waals surface area (Å²) in [5.41, 5.74) is 0. The zero-order valence-corrected chi connectivity index (χ0v) is 8.67. The molecule has 0 saturated carbocycles. The Bertz CT molecular complexity index is 430. The van der Waals surface area contributed by atoms with E-state index in [1.54, 1.807) is 0 Å². The van der Waals surface area contributed by atoms with Crippen molar-refractivity contribution in [2.24, 2.45) is 0 Å². The molecule has 1 rings (SSSR count). The van der Waals surface area contributed by atoms with E-state index in [9.17, 15) is 13.2 Å². The fourth-order valence-electron chi connectivity index (χ4n) is 0.921. The van der Waals surface area contributed by atoms with E-state index in [2.05, 4.69) is 0 Å². The van der Waals surface area contributed by atoms with Crippen molar-refractivity contribution in [3.05, 3.63) is 24.3 Å².